The van der Waals surface area contributed by atoms with Gasteiger partial charge in [-0.3, -0.25) is 4.79 Å². The quantitative estimate of drug-likeness (QED) is 0.316. The predicted octanol–water partition coefficient (Wildman–Crippen LogP) is 3.69. The molecule has 0 bridgehead atoms. The van der Waals surface area contributed by atoms with Crippen molar-refractivity contribution in [1.82, 2.24) is 10.6 Å². The molecule has 0 saturated heterocycles. The molecule has 0 heterocycles. The lowest BCUT2D eigenvalue weighted by Gasteiger charge is -2.18. The van der Waals surface area contributed by atoms with E-state index < -0.39 is 6.10 Å². The molecule has 5 N–H and O–H groups in total. The molecule has 6 nitrogen and oxygen atoms in total. The van der Waals surface area contributed by atoms with Gasteiger partial charge in [0.1, 0.15) is 5.75 Å². The number of nitrogens with one attached hydrogen (secondary N) is 2. The van der Waals surface area contributed by atoms with Crippen molar-refractivity contribution in [2.45, 2.75) is 52.5 Å². The Morgan fingerprint density at radius 3 is 2.53 bits per heavy atom. The highest BCUT2D eigenvalue weighted by Gasteiger charge is 2.13. The summed E-state index contributed by atoms with van der Waals surface area (Å²) >= 11 is 0. The third-order valence-corrected chi connectivity index (χ3v) is 6.21. The summed E-state index contributed by atoms with van der Waals surface area (Å²) in [7, 11) is 0. The SMILES string of the molecule is Cc1cccc(CNC(=O)c2cccc(C[C@@H](C)NC[C@@H](O)c3ccc(O)c(CO)c3)c2)c1C. The van der Waals surface area contributed by atoms with Crippen molar-refractivity contribution in [3.63, 3.8) is 0 Å². The second kappa shape index (κ2) is 11.8. The van der Waals surface area contributed by atoms with E-state index in [1.54, 1.807) is 12.1 Å². The largest absolute Gasteiger partial charge is 0.508 e. The van der Waals surface area contributed by atoms with Crippen LogP contribution in [0.4, 0.5) is 0 Å². The summed E-state index contributed by atoms with van der Waals surface area (Å²) < 4.78 is 0. The van der Waals surface area contributed by atoms with Gasteiger partial charge >= 0.3 is 0 Å². The molecule has 0 aromatic heterocycles. The van der Waals surface area contributed by atoms with E-state index in [0.29, 0.717) is 36.2 Å². The lowest BCUT2D eigenvalue weighted by molar-refractivity contribution is 0.0950. The Hall–Kier alpha value is -3.19. The second-order valence-corrected chi connectivity index (χ2v) is 8.82. The number of rotatable bonds is 10. The maximum Gasteiger partial charge on any atom is 0.251 e. The third-order valence-electron chi connectivity index (χ3n) is 6.21. The van der Waals surface area contributed by atoms with Crippen LogP contribution in [0.2, 0.25) is 0 Å². The number of amides is 1. The molecule has 3 aromatic rings. The Labute approximate surface area is 201 Å². The zero-order chi connectivity index (χ0) is 24.7. The van der Waals surface area contributed by atoms with Crippen LogP contribution in [0.25, 0.3) is 0 Å². The number of benzene rings is 3. The van der Waals surface area contributed by atoms with E-state index in [2.05, 4.69) is 30.5 Å². The molecule has 0 aliphatic carbocycles. The maximum atomic E-state index is 12.7. The number of aliphatic hydroxyl groups excluding tert-OH is 2. The zero-order valence-corrected chi connectivity index (χ0v) is 20.0. The monoisotopic (exact) mass is 462 g/mol. The average molecular weight is 463 g/mol. The standard InChI is InChI=1S/C28H34N2O4/c1-18-6-4-9-24(20(18)3)15-30-28(34)23-8-5-7-21(13-23)12-19(2)29-16-27(33)22-10-11-26(32)25(14-22)17-31/h4-11,13-14,19,27,29,31-33H,12,15-17H2,1-3H3,(H,30,34)/t19-,27-/m1/s1. The summed E-state index contributed by atoms with van der Waals surface area (Å²) in [4.78, 5) is 12.7. The lowest BCUT2D eigenvalue weighted by Crippen LogP contribution is -2.32. The van der Waals surface area contributed by atoms with E-state index in [-0.39, 0.29) is 24.3 Å². The van der Waals surface area contributed by atoms with Crippen molar-refractivity contribution in [2.75, 3.05) is 6.54 Å². The van der Waals surface area contributed by atoms with E-state index in [0.717, 1.165) is 11.1 Å². The van der Waals surface area contributed by atoms with Crippen LogP contribution < -0.4 is 10.6 Å². The predicted molar refractivity (Wildman–Crippen MR) is 134 cm³/mol. The van der Waals surface area contributed by atoms with Crippen molar-refractivity contribution in [3.8, 4) is 5.75 Å². The molecule has 0 radical (unpaired) electrons. The van der Waals surface area contributed by atoms with Gasteiger partial charge in [-0.05, 0) is 79.3 Å². The number of phenols is 1. The normalized spacial score (nSPS) is 12.9. The average Bonchev–Trinajstić information content (AvgIpc) is 2.83. The fraction of sp³-hybridized carbons (Fsp3) is 0.321. The highest BCUT2D eigenvalue weighted by molar-refractivity contribution is 5.94. The van der Waals surface area contributed by atoms with E-state index in [1.807, 2.05) is 43.3 Å². The molecule has 0 spiro atoms. The Morgan fingerprint density at radius 1 is 1.00 bits per heavy atom. The van der Waals surface area contributed by atoms with E-state index in [4.69, 9.17) is 0 Å². The van der Waals surface area contributed by atoms with Crippen LogP contribution in [0.1, 0.15) is 56.8 Å². The zero-order valence-electron chi connectivity index (χ0n) is 20.0. The molecular weight excluding hydrogens is 428 g/mol. The molecule has 0 fully saturated rings. The molecule has 0 unspecified atom stereocenters. The number of carbonyl (C=O) groups is 1. The second-order valence-electron chi connectivity index (χ2n) is 8.82. The summed E-state index contributed by atoms with van der Waals surface area (Å²) in [6.45, 7) is 6.68. The molecule has 3 rings (SSSR count). The van der Waals surface area contributed by atoms with Gasteiger partial charge in [-0.25, -0.2) is 0 Å². The molecule has 0 aliphatic heterocycles. The van der Waals surface area contributed by atoms with Gasteiger partial charge in [0.05, 0.1) is 12.7 Å². The van der Waals surface area contributed by atoms with Crippen LogP contribution in [-0.2, 0) is 19.6 Å². The molecule has 6 heteroatoms. The first-order valence-electron chi connectivity index (χ1n) is 11.5. The van der Waals surface area contributed by atoms with E-state index in [9.17, 15) is 20.1 Å². The number of hydrogen-bond acceptors (Lipinski definition) is 5. The van der Waals surface area contributed by atoms with E-state index in [1.165, 1.54) is 17.2 Å². The minimum atomic E-state index is -0.768. The first-order chi connectivity index (χ1) is 16.3. The van der Waals surface area contributed by atoms with Crippen molar-refractivity contribution < 1.29 is 20.1 Å². The summed E-state index contributed by atoms with van der Waals surface area (Å²) in [5, 5.41) is 35.8. The van der Waals surface area contributed by atoms with Crippen LogP contribution in [-0.4, -0.2) is 33.8 Å². The van der Waals surface area contributed by atoms with E-state index >= 15 is 0 Å². The molecule has 3 aromatic carbocycles. The summed E-state index contributed by atoms with van der Waals surface area (Å²) in [6.07, 6.45) is -0.0713. The first kappa shape index (κ1) is 25.4. The van der Waals surface area contributed by atoms with Crippen LogP contribution in [0.5, 0.6) is 5.75 Å². The highest BCUT2D eigenvalue weighted by atomic mass is 16.3. The minimum absolute atomic E-state index is 0.0118. The molecule has 0 aliphatic rings. The van der Waals surface area contributed by atoms with Gasteiger partial charge in [-0.15, -0.1) is 0 Å². The third kappa shape index (κ3) is 6.67. The first-order valence-corrected chi connectivity index (χ1v) is 11.5. The van der Waals surface area contributed by atoms with Crippen molar-refractivity contribution in [1.29, 1.82) is 0 Å². The Kier molecular flexibility index (Phi) is 8.82. The minimum Gasteiger partial charge on any atom is -0.508 e. The summed E-state index contributed by atoms with van der Waals surface area (Å²) in [5.41, 5.74) is 6.18. The Morgan fingerprint density at radius 2 is 1.76 bits per heavy atom. The van der Waals surface area contributed by atoms with Gasteiger partial charge in [0.2, 0.25) is 0 Å². The van der Waals surface area contributed by atoms with Crippen LogP contribution in [0.3, 0.4) is 0 Å². The smallest absolute Gasteiger partial charge is 0.251 e. The fourth-order valence-electron chi connectivity index (χ4n) is 3.92. The summed E-state index contributed by atoms with van der Waals surface area (Å²) in [6, 6.07) is 18.5. The lowest BCUT2D eigenvalue weighted by atomic mass is 10.0. The van der Waals surface area contributed by atoms with Crippen molar-refractivity contribution in [3.05, 3.63) is 99.6 Å². The fourth-order valence-corrected chi connectivity index (χ4v) is 3.92. The van der Waals surface area contributed by atoms with Crippen LogP contribution in [0, 0.1) is 13.8 Å². The van der Waals surface area contributed by atoms with Gasteiger partial charge in [-0.1, -0.05) is 36.4 Å². The number of hydrogen-bond donors (Lipinski definition) is 5. The van der Waals surface area contributed by atoms with Crippen LogP contribution in [0.15, 0.2) is 60.7 Å². The van der Waals surface area contributed by atoms with Gasteiger partial charge in [0, 0.05) is 30.3 Å². The number of carbonyl (C=O) groups excluding carboxylic acids is 1. The maximum absolute atomic E-state index is 12.7. The van der Waals surface area contributed by atoms with Crippen molar-refractivity contribution in [2.24, 2.45) is 0 Å². The molecule has 0 saturated carbocycles. The molecule has 34 heavy (non-hydrogen) atoms. The van der Waals surface area contributed by atoms with Crippen molar-refractivity contribution >= 4 is 5.91 Å². The van der Waals surface area contributed by atoms with Gasteiger partial charge in [-0.2, -0.15) is 0 Å². The van der Waals surface area contributed by atoms with Crippen LogP contribution >= 0.6 is 0 Å². The molecule has 180 valence electrons. The molecule has 1 amide bonds. The van der Waals surface area contributed by atoms with Gasteiger partial charge < -0.3 is 26.0 Å². The topological polar surface area (TPSA) is 102 Å². The molecular formula is C28H34N2O4. The highest BCUT2D eigenvalue weighted by Crippen LogP contribution is 2.22. The van der Waals surface area contributed by atoms with Gasteiger partial charge in [0.25, 0.3) is 5.91 Å². The Balaban J connectivity index is 1.54. The Bertz CT molecular complexity index is 1130. The number of aliphatic hydroxyl groups is 2. The number of aromatic hydroxyl groups is 1. The summed E-state index contributed by atoms with van der Waals surface area (Å²) in [5.74, 6) is -0.0940. The number of aryl methyl sites for hydroxylation is 1. The van der Waals surface area contributed by atoms with Gasteiger partial charge in [0.15, 0.2) is 0 Å². The molecule has 2 atom stereocenters.